The number of nitrogens with zero attached hydrogens (tertiary/aromatic N) is 4. The Hall–Kier alpha value is -7.43. The van der Waals surface area contributed by atoms with Crippen molar-refractivity contribution in [1.82, 2.24) is 28.5 Å². The van der Waals surface area contributed by atoms with Crippen molar-refractivity contribution in [2.45, 2.75) is 49.6 Å². The number of pyridine rings is 2. The van der Waals surface area contributed by atoms with Crippen molar-refractivity contribution < 1.29 is 64.8 Å². The summed E-state index contributed by atoms with van der Waals surface area (Å²) in [5.41, 5.74) is 1.25. The quantitative estimate of drug-likeness (QED) is 0.0686. The molecule has 4 aromatic heterocycles. The molecule has 0 spiro atoms. The molecule has 0 aliphatic rings. The predicted octanol–water partition coefficient (Wildman–Crippen LogP) is 6.53. The second-order valence-electron chi connectivity index (χ2n) is 15.2. The summed E-state index contributed by atoms with van der Waals surface area (Å²) in [5, 5.41) is 30.3. The van der Waals surface area contributed by atoms with Crippen LogP contribution in [-0.2, 0) is 42.6 Å². The number of rotatable bonds is 15. The fraction of sp³-hybridized carbons (Fsp3) is 0.222. The van der Waals surface area contributed by atoms with Crippen LogP contribution in [-0.4, -0.2) is 95.4 Å². The van der Waals surface area contributed by atoms with Crippen LogP contribution in [0.1, 0.15) is 31.9 Å². The van der Waals surface area contributed by atoms with E-state index >= 15 is 4.39 Å². The molecule has 1 amide bonds. The number of carboxylic acids is 2. The Balaban J connectivity index is 0.000000256. The van der Waals surface area contributed by atoms with E-state index in [-0.39, 0.29) is 50.2 Å². The van der Waals surface area contributed by atoms with Gasteiger partial charge in [0.25, 0.3) is 20.0 Å². The smallest absolute Gasteiger partial charge is 0.404 e. The number of ether oxygens (including phenoxy) is 2. The highest BCUT2D eigenvalue weighted by Gasteiger charge is 2.30. The maximum Gasteiger partial charge on any atom is 0.404 e. The zero-order chi connectivity index (χ0) is 49.7. The van der Waals surface area contributed by atoms with Crippen molar-refractivity contribution in [2.24, 2.45) is 5.41 Å². The summed E-state index contributed by atoms with van der Waals surface area (Å²) in [6, 6.07) is 17.6. The highest BCUT2D eigenvalue weighted by molar-refractivity contribution is 7.90. The van der Waals surface area contributed by atoms with Crippen LogP contribution in [0.15, 0.2) is 132 Å². The monoisotopic (exact) mass is 966 g/mol. The van der Waals surface area contributed by atoms with Gasteiger partial charge >= 0.3 is 18.0 Å². The highest BCUT2D eigenvalue weighted by atomic mass is 32.2. The lowest BCUT2D eigenvalue weighted by Crippen LogP contribution is -2.44. The lowest BCUT2D eigenvalue weighted by molar-refractivity contribution is -0.134. The minimum Gasteiger partial charge on any atom is -0.494 e. The molecule has 0 radical (unpaired) electrons. The number of aliphatic carboxylic acids is 2. The summed E-state index contributed by atoms with van der Waals surface area (Å²) in [6.07, 6.45) is 8.42. The van der Waals surface area contributed by atoms with Gasteiger partial charge in [0.2, 0.25) is 0 Å². The van der Waals surface area contributed by atoms with Gasteiger partial charge in [-0.3, -0.25) is 9.97 Å². The molecule has 6 aromatic rings. The summed E-state index contributed by atoms with van der Waals surface area (Å²) in [6.45, 7) is 6.06. The van der Waals surface area contributed by atoms with Gasteiger partial charge in [-0.2, -0.15) is 0 Å². The summed E-state index contributed by atoms with van der Waals surface area (Å²) in [4.78, 5) is 38.1. The fourth-order valence-electron chi connectivity index (χ4n) is 6.26. The normalized spacial score (nSPS) is 11.9. The van der Waals surface area contributed by atoms with E-state index in [2.05, 4.69) is 20.6 Å². The van der Waals surface area contributed by atoms with E-state index < -0.39 is 61.2 Å². The summed E-state index contributed by atoms with van der Waals surface area (Å²) < 4.78 is 95.0. The maximum atomic E-state index is 15.1. The number of carboxylic acid groups (broad SMARTS) is 3. The first-order valence-corrected chi connectivity index (χ1v) is 22.6. The number of aromatic nitrogens is 4. The molecule has 67 heavy (non-hydrogen) atoms. The topological polar surface area (TPSA) is 258 Å². The molecule has 0 saturated heterocycles. The van der Waals surface area contributed by atoms with Crippen molar-refractivity contribution >= 4 is 38.1 Å². The van der Waals surface area contributed by atoms with Gasteiger partial charge in [0, 0.05) is 73.0 Å². The van der Waals surface area contributed by atoms with Crippen LogP contribution in [0.4, 0.5) is 13.6 Å². The van der Waals surface area contributed by atoms with Crippen molar-refractivity contribution in [2.75, 3.05) is 21.3 Å². The number of hydrogen-bond donors (Lipinski definition) is 5. The molecular weight excluding hydrogens is 919 g/mol. The SMILES string of the molecule is CNCc1cc(-c2cccc(OC)c2F)n(S(=O)(=O)c2cccnc2)c1.COc1cccc(-c2cc(CC(NC(=O)O)C(C)(C)C)cn2S(=O)(=O)c2cccnc2)c1F.O=C(O)C=CC(=O)O. The second-order valence-corrected chi connectivity index (χ2v) is 18.8. The summed E-state index contributed by atoms with van der Waals surface area (Å²) in [5.74, 6) is -3.82. The molecule has 22 heteroatoms. The molecule has 1 unspecified atom stereocenters. The molecule has 0 aliphatic carbocycles. The van der Waals surface area contributed by atoms with E-state index in [0.717, 1.165) is 7.94 Å². The molecule has 1 atom stereocenters. The van der Waals surface area contributed by atoms with Gasteiger partial charge in [0.1, 0.15) is 9.79 Å². The van der Waals surface area contributed by atoms with Gasteiger partial charge in [-0.1, -0.05) is 32.9 Å². The standard InChI is InChI=1S/C23H26FN3O5S.C18H18FN3O3S.C4H4O4/c1-23(2,3)20(26-22(28)29)12-15-11-18(17-8-5-9-19(32-4)21(17)24)27(14-15)33(30,31)16-7-6-10-25-13-16;1-20-10-13-9-16(15-6-3-7-17(25-2)18(15)19)22(12-13)26(23,24)14-5-4-8-21-11-14;5-3(6)1-2-4(7)8/h5-11,13-14,20,26H,12H2,1-4H3,(H,28,29);3-9,11-12,20H,10H2,1-2H3;1-2H,(H,5,6)(H,7,8). The van der Waals surface area contributed by atoms with E-state index in [9.17, 15) is 40.7 Å². The van der Waals surface area contributed by atoms with Crippen LogP contribution >= 0.6 is 0 Å². The van der Waals surface area contributed by atoms with Crippen molar-refractivity contribution in [1.29, 1.82) is 0 Å². The average Bonchev–Trinajstić information content (AvgIpc) is 3.92. The molecule has 5 N–H and O–H groups in total. The van der Waals surface area contributed by atoms with Gasteiger partial charge in [-0.05, 0) is 90.7 Å². The molecule has 0 bridgehead atoms. The zero-order valence-electron chi connectivity index (χ0n) is 36.9. The maximum absolute atomic E-state index is 15.1. The molecule has 2 aromatic carbocycles. The lowest BCUT2D eigenvalue weighted by Gasteiger charge is -2.30. The molecular formula is C45H48F2N6O12S2. The average molecular weight is 967 g/mol. The van der Waals surface area contributed by atoms with Crippen LogP contribution in [0.3, 0.4) is 0 Å². The largest absolute Gasteiger partial charge is 0.494 e. The summed E-state index contributed by atoms with van der Waals surface area (Å²) >= 11 is 0. The van der Waals surface area contributed by atoms with E-state index in [0.29, 0.717) is 29.8 Å². The summed E-state index contributed by atoms with van der Waals surface area (Å²) in [7, 11) is -3.62. The Kier molecular flexibility index (Phi) is 17.6. The van der Waals surface area contributed by atoms with Crippen molar-refractivity contribution in [3.63, 3.8) is 0 Å². The number of methoxy groups -OCH3 is 2. The predicted molar refractivity (Wildman–Crippen MR) is 242 cm³/mol. The van der Waals surface area contributed by atoms with Crippen LogP contribution in [0.2, 0.25) is 0 Å². The first-order valence-electron chi connectivity index (χ1n) is 19.7. The third kappa shape index (κ3) is 13.3. The molecule has 0 saturated carbocycles. The van der Waals surface area contributed by atoms with E-state index in [4.69, 9.17) is 19.7 Å². The van der Waals surface area contributed by atoms with Crippen molar-refractivity contribution in [3.05, 3.63) is 145 Å². The molecule has 4 heterocycles. The minimum atomic E-state index is -4.12. The van der Waals surface area contributed by atoms with E-state index in [1.807, 2.05) is 20.8 Å². The van der Waals surface area contributed by atoms with E-state index in [1.54, 1.807) is 31.3 Å². The highest BCUT2D eigenvalue weighted by Crippen LogP contribution is 2.35. The number of halogens is 2. The Bertz CT molecular complexity index is 2920. The van der Waals surface area contributed by atoms with Crippen LogP contribution in [0.25, 0.3) is 22.5 Å². The fourth-order valence-corrected chi connectivity index (χ4v) is 8.97. The molecule has 356 valence electrons. The number of benzene rings is 2. The van der Waals surface area contributed by atoms with Crippen LogP contribution in [0.5, 0.6) is 11.5 Å². The zero-order valence-corrected chi connectivity index (χ0v) is 38.5. The Morgan fingerprint density at radius 1 is 0.716 bits per heavy atom. The molecule has 0 fully saturated rings. The Morgan fingerprint density at radius 3 is 1.51 bits per heavy atom. The number of amides is 1. The Morgan fingerprint density at radius 2 is 1.15 bits per heavy atom. The number of hydrogen-bond acceptors (Lipinski definition) is 12. The third-order valence-corrected chi connectivity index (χ3v) is 12.8. The molecule has 0 aliphatic heterocycles. The van der Waals surface area contributed by atoms with Crippen molar-refractivity contribution in [3.8, 4) is 34.0 Å². The first-order chi connectivity index (χ1) is 31.6. The number of nitrogens with one attached hydrogen (secondary N) is 2. The van der Waals surface area contributed by atoms with Gasteiger partial charge in [0.15, 0.2) is 23.1 Å². The third-order valence-electron chi connectivity index (χ3n) is 9.52. The Labute approximate surface area is 385 Å². The second kappa shape index (κ2) is 22.7. The van der Waals surface area contributed by atoms with Gasteiger partial charge in [-0.25, -0.2) is 47.9 Å². The minimum absolute atomic E-state index is 0.0242. The van der Waals surface area contributed by atoms with Crippen LogP contribution < -0.4 is 20.1 Å². The van der Waals surface area contributed by atoms with Gasteiger partial charge in [0.05, 0.1) is 25.6 Å². The first kappa shape index (κ1) is 52.2. The lowest BCUT2D eigenvalue weighted by atomic mass is 9.83. The molecule has 18 nitrogen and oxygen atoms in total. The number of carbonyl (C=O) groups is 3. The van der Waals surface area contributed by atoms with Gasteiger partial charge < -0.3 is 35.4 Å². The van der Waals surface area contributed by atoms with Gasteiger partial charge in [-0.15, -0.1) is 0 Å². The van der Waals surface area contributed by atoms with Crippen LogP contribution in [0, 0.1) is 17.0 Å². The molecule has 6 rings (SSSR count). The van der Waals surface area contributed by atoms with E-state index in [1.165, 1.54) is 99.9 Å².